The lowest BCUT2D eigenvalue weighted by Crippen LogP contribution is -2.52. The Morgan fingerprint density at radius 3 is 1.58 bits per heavy atom. The molecule has 0 amide bonds. The molecule has 2 heteroatoms. The number of aromatic nitrogens is 1. The number of fused-ring (bicyclic) bond motifs is 6. The second-order valence-electron chi connectivity index (χ2n) is 15.2. The highest BCUT2D eigenvalue weighted by molar-refractivity contribution is 6.95. The van der Waals surface area contributed by atoms with Gasteiger partial charge in [-0.3, -0.25) is 0 Å². The van der Waals surface area contributed by atoms with E-state index in [1.54, 1.807) is 0 Å². The molecule has 0 saturated carbocycles. The van der Waals surface area contributed by atoms with Crippen LogP contribution < -0.4 is 16.4 Å². The number of rotatable bonds is 7. The summed E-state index contributed by atoms with van der Waals surface area (Å²) in [6.07, 6.45) is 0. The van der Waals surface area contributed by atoms with Crippen molar-refractivity contribution in [1.82, 2.24) is 4.57 Å². The minimum absolute atomic E-state index is 0.0461. The first kappa shape index (κ1) is 33.2. The average molecular weight is 724 g/mol. The van der Waals surface area contributed by atoms with Crippen molar-refractivity contribution in [3.8, 4) is 27.9 Å². The van der Waals surface area contributed by atoms with Gasteiger partial charge in [-0.15, -0.1) is 0 Å². The van der Waals surface area contributed by atoms with Crippen molar-refractivity contribution in [2.45, 2.75) is 5.41 Å². The van der Waals surface area contributed by atoms with Crippen molar-refractivity contribution in [3.63, 3.8) is 0 Å². The highest BCUT2D eigenvalue weighted by Crippen LogP contribution is 2.55. The molecule has 0 bridgehead atoms. The molecule has 0 N–H and O–H groups in total. The first-order valence-electron chi connectivity index (χ1n) is 19.9. The highest BCUT2D eigenvalue weighted by Gasteiger charge is 2.46. The molecular formula is C55H38BN. The summed E-state index contributed by atoms with van der Waals surface area (Å²) in [7, 11) is 0. The fourth-order valence-corrected chi connectivity index (χ4v) is 9.74. The second kappa shape index (κ2) is 13.5. The smallest absolute Gasteiger partial charge is 0.241 e. The van der Waals surface area contributed by atoms with E-state index in [4.69, 9.17) is 0 Å². The van der Waals surface area contributed by atoms with E-state index in [0.717, 1.165) is 0 Å². The lowest BCUT2D eigenvalue weighted by Gasteiger charge is -2.34. The van der Waals surface area contributed by atoms with Crippen LogP contribution in [0.1, 0.15) is 22.3 Å². The lowest BCUT2D eigenvalue weighted by atomic mass is 9.36. The van der Waals surface area contributed by atoms with Crippen LogP contribution in [0.2, 0.25) is 0 Å². The molecule has 1 heterocycles. The molecule has 9 aromatic carbocycles. The fraction of sp³-hybridized carbons (Fsp3) is 0.0182. The van der Waals surface area contributed by atoms with Crippen LogP contribution >= 0.6 is 0 Å². The molecule has 1 aliphatic rings. The van der Waals surface area contributed by atoms with Crippen LogP contribution in [0, 0.1) is 0 Å². The molecular weight excluding hydrogens is 685 g/mol. The van der Waals surface area contributed by atoms with Crippen LogP contribution in [0.4, 0.5) is 0 Å². The lowest BCUT2D eigenvalue weighted by molar-refractivity contribution is 0.769. The summed E-state index contributed by atoms with van der Waals surface area (Å²) in [5, 5.41) is 2.53. The third-order valence-corrected chi connectivity index (χ3v) is 12.2. The van der Waals surface area contributed by atoms with Gasteiger partial charge in [0.1, 0.15) is 0 Å². The van der Waals surface area contributed by atoms with Gasteiger partial charge >= 0.3 is 0 Å². The molecule has 10 aromatic rings. The highest BCUT2D eigenvalue weighted by atomic mass is 15.0. The standard InChI is InChI=1S/C55H38BN/c1-5-17-41(18-6-1)55(42-19-7-2-8-20-42)51-27-15-13-25-47(51)48-35-34-45(38-52(48)55)56(43-21-9-3-10-22-43)44-32-29-39(30-33-44)40-31-36-54-50(37-40)49-26-14-16-28-53(49)57(54)46-23-11-4-12-24-46/h1-38H. The number of benzene rings is 9. The summed E-state index contributed by atoms with van der Waals surface area (Å²) in [5.41, 5.74) is 17.2. The van der Waals surface area contributed by atoms with Gasteiger partial charge in [-0.2, -0.15) is 0 Å². The average Bonchev–Trinajstić information content (AvgIpc) is 3.78. The summed E-state index contributed by atoms with van der Waals surface area (Å²) in [6, 6.07) is 85.1. The molecule has 0 radical (unpaired) electrons. The van der Waals surface area contributed by atoms with Crippen molar-refractivity contribution in [1.29, 1.82) is 0 Å². The maximum Gasteiger partial charge on any atom is 0.241 e. The molecule has 57 heavy (non-hydrogen) atoms. The van der Waals surface area contributed by atoms with Crippen LogP contribution in [0.3, 0.4) is 0 Å². The van der Waals surface area contributed by atoms with Crippen LogP contribution in [0.25, 0.3) is 49.7 Å². The molecule has 0 fully saturated rings. The molecule has 0 atom stereocenters. The minimum atomic E-state index is -0.447. The van der Waals surface area contributed by atoms with Gasteiger partial charge in [0, 0.05) is 16.5 Å². The van der Waals surface area contributed by atoms with Gasteiger partial charge in [0.15, 0.2) is 0 Å². The van der Waals surface area contributed by atoms with E-state index < -0.39 is 5.41 Å². The zero-order valence-electron chi connectivity index (χ0n) is 31.5. The zero-order chi connectivity index (χ0) is 37.8. The normalized spacial score (nSPS) is 12.7. The van der Waals surface area contributed by atoms with Gasteiger partial charge in [0.25, 0.3) is 0 Å². The van der Waals surface area contributed by atoms with E-state index in [1.807, 2.05) is 0 Å². The van der Waals surface area contributed by atoms with Crippen LogP contribution in [-0.2, 0) is 5.41 Å². The Morgan fingerprint density at radius 1 is 0.333 bits per heavy atom. The van der Waals surface area contributed by atoms with Crippen molar-refractivity contribution in [2.75, 3.05) is 0 Å². The molecule has 0 spiro atoms. The van der Waals surface area contributed by atoms with Gasteiger partial charge in [0.2, 0.25) is 6.71 Å². The van der Waals surface area contributed by atoms with E-state index in [1.165, 1.54) is 88.4 Å². The third-order valence-electron chi connectivity index (χ3n) is 12.2. The van der Waals surface area contributed by atoms with Crippen molar-refractivity contribution >= 4 is 44.9 Å². The first-order valence-corrected chi connectivity index (χ1v) is 19.9. The largest absolute Gasteiger partial charge is 0.309 e. The number of hydrogen-bond acceptors (Lipinski definition) is 0. The Morgan fingerprint density at radius 2 is 0.860 bits per heavy atom. The van der Waals surface area contributed by atoms with Gasteiger partial charge in [-0.25, -0.2) is 0 Å². The monoisotopic (exact) mass is 723 g/mol. The Bertz CT molecular complexity index is 3000. The summed E-state index contributed by atoms with van der Waals surface area (Å²) in [6.45, 7) is 0.0461. The summed E-state index contributed by atoms with van der Waals surface area (Å²) < 4.78 is 2.38. The topological polar surface area (TPSA) is 4.93 Å². The Kier molecular flexibility index (Phi) is 7.89. The predicted molar refractivity (Wildman–Crippen MR) is 241 cm³/mol. The Labute approximate surface area is 334 Å². The third kappa shape index (κ3) is 5.25. The summed E-state index contributed by atoms with van der Waals surface area (Å²) in [5.74, 6) is 0. The van der Waals surface area contributed by atoms with Gasteiger partial charge < -0.3 is 4.57 Å². The summed E-state index contributed by atoms with van der Waals surface area (Å²) >= 11 is 0. The Hall–Kier alpha value is -7.16. The molecule has 11 rings (SSSR count). The molecule has 1 aliphatic carbocycles. The van der Waals surface area contributed by atoms with Crippen molar-refractivity contribution < 1.29 is 0 Å². The molecule has 1 nitrogen and oxygen atoms in total. The number of nitrogens with zero attached hydrogens (tertiary/aromatic N) is 1. The minimum Gasteiger partial charge on any atom is -0.309 e. The van der Waals surface area contributed by atoms with Crippen molar-refractivity contribution in [2.24, 2.45) is 0 Å². The predicted octanol–water partition coefficient (Wildman–Crippen LogP) is 11.3. The fourth-order valence-electron chi connectivity index (χ4n) is 9.74. The molecule has 266 valence electrons. The maximum atomic E-state index is 2.51. The van der Waals surface area contributed by atoms with Crippen LogP contribution in [-0.4, -0.2) is 11.3 Å². The summed E-state index contributed by atoms with van der Waals surface area (Å²) in [4.78, 5) is 0. The molecule has 0 saturated heterocycles. The van der Waals surface area contributed by atoms with E-state index in [-0.39, 0.29) is 6.71 Å². The molecule has 0 unspecified atom stereocenters. The number of hydrogen-bond donors (Lipinski definition) is 0. The van der Waals surface area contributed by atoms with Crippen LogP contribution in [0.15, 0.2) is 231 Å². The van der Waals surface area contributed by atoms with E-state index in [0.29, 0.717) is 0 Å². The molecule has 1 aromatic heterocycles. The van der Waals surface area contributed by atoms with E-state index >= 15 is 0 Å². The molecule has 0 aliphatic heterocycles. The second-order valence-corrected chi connectivity index (χ2v) is 15.2. The van der Waals surface area contributed by atoms with E-state index in [9.17, 15) is 0 Å². The Balaban J connectivity index is 1.05. The van der Waals surface area contributed by atoms with E-state index in [2.05, 4.69) is 235 Å². The maximum absolute atomic E-state index is 2.51. The van der Waals surface area contributed by atoms with Gasteiger partial charge in [0.05, 0.1) is 16.4 Å². The van der Waals surface area contributed by atoms with Crippen LogP contribution in [0.5, 0.6) is 0 Å². The zero-order valence-corrected chi connectivity index (χ0v) is 31.5. The first-order chi connectivity index (χ1) is 28.3. The number of para-hydroxylation sites is 2. The van der Waals surface area contributed by atoms with Gasteiger partial charge in [-0.1, -0.05) is 217 Å². The SMILES string of the molecule is c1ccc(B(c2ccc(-c3ccc4c(c3)c3ccccc3n4-c3ccccc3)cc2)c2ccc3c(c2)C(c2ccccc2)(c2ccccc2)c2ccccc2-3)cc1. The van der Waals surface area contributed by atoms with Gasteiger partial charge in [-0.05, 0) is 74.8 Å². The van der Waals surface area contributed by atoms with Crippen molar-refractivity contribution in [3.05, 3.63) is 253 Å². The quantitative estimate of drug-likeness (QED) is 0.144.